The van der Waals surface area contributed by atoms with Gasteiger partial charge in [-0.05, 0) is 49.6 Å². The van der Waals surface area contributed by atoms with Gasteiger partial charge in [-0.1, -0.05) is 37.1 Å². The summed E-state index contributed by atoms with van der Waals surface area (Å²) in [6, 6.07) is 14.5. The lowest BCUT2D eigenvalue weighted by molar-refractivity contribution is -0.132. The maximum atomic E-state index is 13.5. The molecule has 0 saturated carbocycles. The average molecular weight is 410 g/mol. The number of rotatable bonds is 3. The van der Waals surface area contributed by atoms with Gasteiger partial charge in [0.15, 0.2) is 0 Å². The molecule has 3 rings (SSSR count). The SMILES string of the molecule is COc1cccc(C(=O)N2CCCCCCN(C(=O)[C@@H](C)N)Cc3ccccc32)c1. The fraction of sp³-hybridized carbons (Fsp3) is 0.417. The van der Waals surface area contributed by atoms with Gasteiger partial charge in [0.25, 0.3) is 5.91 Å². The van der Waals surface area contributed by atoms with Gasteiger partial charge in [-0.15, -0.1) is 0 Å². The van der Waals surface area contributed by atoms with Crippen molar-refractivity contribution < 1.29 is 14.3 Å². The van der Waals surface area contributed by atoms with E-state index in [0.717, 1.165) is 36.9 Å². The van der Waals surface area contributed by atoms with Crippen LogP contribution in [0, 0.1) is 0 Å². The van der Waals surface area contributed by atoms with Crippen LogP contribution >= 0.6 is 0 Å². The molecule has 2 amide bonds. The van der Waals surface area contributed by atoms with Crippen molar-refractivity contribution in [1.29, 1.82) is 0 Å². The second-order valence-electron chi connectivity index (χ2n) is 7.78. The minimum atomic E-state index is -0.545. The minimum absolute atomic E-state index is 0.0604. The molecule has 0 bridgehead atoms. The number of carbonyl (C=O) groups excluding carboxylic acids is 2. The summed E-state index contributed by atoms with van der Waals surface area (Å²) in [7, 11) is 1.59. The number of benzene rings is 2. The molecule has 0 spiro atoms. The summed E-state index contributed by atoms with van der Waals surface area (Å²) in [5.74, 6) is 0.529. The van der Waals surface area contributed by atoms with Crippen LogP contribution < -0.4 is 15.4 Å². The number of nitrogens with two attached hydrogens (primary N) is 1. The van der Waals surface area contributed by atoms with E-state index >= 15 is 0 Å². The van der Waals surface area contributed by atoms with Crippen LogP contribution in [0.15, 0.2) is 48.5 Å². The topological polar surface area (TPSA) is 75.9 Å². The van der Waals surface area contributed by atoms with Crippen molar-refractivity contribution in [3.63, 3.8) is 0 Å². The van der Waals surface area contributed by atoms with Gasteiger partial charge in [-0.2, -0.15) is 0 Å². The van der Waals surface area contributed by atoms with Crippen molar-refractivity contribution in [3.8, 4) is 5.75 Å². The molecule has 6 heteroatoms. The summed E-state index contributed by atoms with van der Waals surface area (Å²) in [6.07, 6.45) is 3.86. The van der Waals surface area contributed by atoms with E-state index in [-0.39, 0.29) is 11.8 Å². The van der Waals surface area contributed by atoms with Crippen molar-refractivity contribution in [2.24, 2.45) is 5.73 Å². The molecule has 1 heterocycles. The number of ether oxygens (including phenoxy) is 1. The maximum absolute atomic E-state index is 13.5. The molecule has 0 saturated heterocycles. The number of amides is 2. The van der Waals surface area contributed by atoms with Crippen LogP contribution in [0.1, 0.15) is 48.5 Å². The molecule has 1 aliphatic rings. The van der Waals surface area contributed by atoms with E-state index in [0.29, 0.717) is 30.9 Å². The average Bonchev–Trinajstić information content (AvgIpc) is 2.81. The maximum Gasteiger partial charge on any atom is 0.258 e. The van der Waals surface area contributed by atoms with E-state index < -0.39 is 6.04 Å². The van der Waals surface area contributed by atoms with Gasteiger partial charge in [0.05, 0.1) is 13.2 Å². The molecular weight excluding hydrogens is 378 g/mol. The lowest BCUT2D eigenvalue weighted by atomic mass is 10.1. The Morgan fingerprint density at radius 3 is 2.47 bits per heavy atom. The Bertz CT molecular complexity index is 882. The van der Waals surface area contributed by atoms with Crippen molar-refractivity contribution >= 4 is 17.5 Å². The molecule has 0 fully saturated rings. The van der Waals surface area contributed by atoms with Crippen LogP contribution in [0.3, 0.4) is 0 Å². The summed E-state index contributed by atoms with van der Waals surface area (Å²) in [6.45, 7) is 3.48. The quantitative estimate of drug-likeness (QED) is 0.841. The zero-order valence-corrected chi connectivity index (χ0v) is 17.8. The van der Waals surface area contributed by atoms with Gasteiger partial charge in [-0.3, -0.25) is 9.59 Å². The number of anilines is 1. The van der Waals surface area contributed by atoms with E-state index in [1.54, 1.807) is 20.1 Å². The number of fused-ring (bicyclic) bond motifs is 1. The van der Waals surface area contributed by atoms with Crippen LogP contribution in [-0.4, -0.2) is 43.0 Å². The van der Waals surface area contributed by atoms with Crippen LogP contribution in [0.25, 0.3) is 0 Å². The number of methoxy groups -OCH3 is 1. The van der Waals surface area contributed by atoms with Gasteiger partial charge in [0, 0.05) is 30.9 Å². The van der Waals surface area contributed by atoms with Crippen LogP contribution in [-0.2, 0) is 11.3 Å². The van der Waals surface area contributed by atoms with E-state index in [9.17, 15) is 9.59 Å². The Kier molecular flexibility index (Phi) is 7.46. The number of carbonyl (C=O) groups is 2. The number of nitrogens with zero attached hydrogens (tertiary/aromatic N) is 2. The Hall–Kier alpha value is -2.86. The molecule has 160 valence electrons. The second kappa shape index (κ2) is 10.3. The highest BCUT2D eigenvalue weighted by molar-refractivity contribution is 6.06. The van der Waals surface area contributed by atoms with Crippen molar-refractivity contribution in [3.05, 3.63) is 59.7 Å². The van der Waals surface area contributed by atoms with Gasteiger partial charge < -0.3 is 20.3 Å². The Labute approximate surface area is 178 Å². The van der Waals surface area contributed by atoms with Gasteiger partial charge >= 0.3 is 0 Å². The highest BCUT2D eigenvalue weighted by atomic mass is 16.5. The van der Waals surface area contributed by atoms with Gasteiger partial charge in [0.1, 0.15) is 5.75 Å². The first-order valence-corrected chi connectivity index (χ1v) is 10.6. The minimum Gasteiger partial charge on any atom is -0.497 e. The largest absolute Gasteiger partial charge is 0.497 e. The van der Waals surface area contributed by atoms with E-state index in [1.165, 1.54) is 0 Å². The van der Waals surface area contributed by atoms with Crippen LogP contribution in [0.5, 0.6) is 5.75 Å². The monoisotopic (exact) mass is 409 g/mol. The highest BCUT2D eigenvalue weighted by Gasteiger charge is 2.24. The fourth-order valence-corrected chi connectivity index (χ4v) is 3.84. The third-order valence-electron chi connectivity index (χ3n) is 5.47. The molecule has 0 radical (unpaired) electrons. The van der Waals surface area contributed by atoms with Crippen molar-refractivity contribution in [1.82, 2.24) is 4.90 Å². The number of hydrogen-bond donors (Lipinski definition) is 1. The molecule has 30 heavy (non-hydrogen) atoms. The Morgan fingerprint density at radius 2 is 1.73 bits per heavy atom. The van der Waals surface area contributed by atoms with Gasteiger partial charge in [-0.25, -0.2) is 0 Å². The molecule has 6 nitrogen and oxygen atoms in total. The number of hydrogen-bond acceptors (Lipinski definition) is 4. The van der Waals surface area contributed by atoms with Crippen molar-refractivity contribution in [2.45, 2.75) is 45.2 Å². The van der Waals surface area contributed by atoms with Crippen molar-refractivity contribution in [2.75, 3.05) is 25.1 Å². The Balaban J connectivity index is 1.98. The van der Waals surface area contributed by atoms with E-state index in [4.69, 9.17) is 10.5 Å². The van der Waals surface area contributed by atoms with E-state index in [2.05, 4.69) is 0 Å². The zero-order valence-electron chi connectivity index (χ0n) is 17.8. The first-order chi connectivity index (χ1) is 14.5. The highest BCUT2D eigenvalue weighted by Crippen LogP contribution is 2.27. The molecule has 1 atom stereocenters. The Morgan fingerprint density at radius 1 is 1.00 bits per heavy atom. The molecular formula is C24H31N3O3. The lowest BCUT2D eigenvalue weighted by Crippen LogP contribution is -2.42. The summed E-state index contributed by atoms with van der Waals surface area (Å²) < 4.78 is 5.30. The smallest absolute Gasteiger partial charge is 0.258 e. The molecule has 2 aromatic rings. The summed E-state index contributed by atoms with van der Waals surface area (Å²) in [5, 5.41) is 0. The first kappa shape index (κ1) is 21.8. The van der Waals surface area contributed by atoms with E-state index in [1.807, 2.05) is 52.3 Å². The molecule has 2 N–H and O–H groups in total. The standard InChI is InChI=1S/C24H31N3O3/c1-18(25)23(28)26-14-7-3-4-8-15-27(22-13-6-5-10-20(22)17-26)24(29)19-11-9-12-21(16-19)30-2/h5-6,9-13,16,18H,3-4,7-8,14-15,17,25H2,1-2H3/t18-/m1/s1. The molecule has 0 aromatic heterocycles. The third-order valence-corrected chi connectivity index (χ3v) is 5.47. The second-order valence-corrected chi connectivity index (χ2v) is 7.78. The summed E-state index contributed by atoms with van der Waals surface area (Å²) in [4.78, 5) is 29.8. The first-order valence-electron chi connectivity index (χ1n) is 10.6. The third kappa shape index (κ3) is 5.19. The van der Waals surface area contributed by atoms with Crippen LogP contribution in [0.2, 0.25) is 0 Å². The zero-order chi connectivity index (χ0) is 21.5. The summed E-state index contributed by atoms with van der Waals surface area (Å²) >= 11 is 0. The molecule has 2 aromatic carbocycles. The molecule has 0 unspecified atom stereocenters. The van der Waals surface area contributed by atoms with Gasteiger partial charge in [0.2, 0.25) is 5.91 Å². The predicted molar refractivity (Wildman–Crippen MR) is 119 cm³/mol. The molecule has 1 aliphatic heterocycles. The molecule has 0 aliphatic carbocycles. The number of para-hydroxylation sites is 1. The fourth-order valence-electron chi connectivity index (χ4n) is 3.84. The van der Waals surface area contributed by atoms with Crippen LogP contribution in [0.4, 0.5) is 5.69 Å². The summed E-state index contributed by atoms with van der Waals surface area (Å²) in [5.41, 5.74) is 8.27. The lowest BCUT2D eigenvalue weighted by Gasteiger charge is -2.28. The normalized spacial score (nSPS) is 16.2. The predicted octanol–water partition coefficient (Wildman–Crippen LogP) is 3.59.